The van der Waals surface area contributed by atoms with Crippen LogP contribution in [0, 0.1) is 0 Å². The van der Waals surface area contributed by atoms with Crippen LogP contribution < -0.4 is 10.6 Å². The predicted molar refractivity (Wildman–Crippen MR) is 79.1 cm³/mol. The highest BCUT2D eigenvalue weighted by molar-refractivity contribution is 7.89. The molecule has 2 N–H and O–H groups in total. The summed E-state index contributed by atoms with van der Waals surface area (Å²) >= 11 is 0. The van der Waals surface area contributed by atoms with E-state index in [0.29, 0.717) is 5.69 Å². The van der Waals surface area contributed by atoms with Crippen LogP contribution in [-0.4, -0.2) is 45.3 Å². The largest absolute Gasteiger partial charge is 0.376 e. The summed E-state index contributed by atoms with van der Waals surface area (Å²) in [7, 11) is -0.447. The van der Waals surface area contributed by atoms with Gasteiger partial charge in [0.1, 0.15) is 0 Å². The molecular formula is C13H21N3O3S. The topological polar surface area (TPSA) is 78.5 Å². The maximum atomic E-state index is 11.9. The Balaban J connectivity index is 2.67. The Morgan fingerprint density at radius 3 is 2.20 bits per heavy atom. The number of hydrogen-bond donors (Lipinski definition) is 2. The third-order valence-corrected chi connectivity index (χ3v) is 4.36. The van der Waals surface area contributed by atoms with Gasteiger partial charge in [-0.25, -0.2) is 12.7 Å². The van der Waals surface area contributed by atoms with Crippen LogP contribution in [0.5, 0.6) is 0 Å². The predicted octanol–water partition coefficient (Wildman–Crippen LogP) is 0.873. The molecule has 0 aromatic heterocycles. The summed E-state index contributed by atoms with van der Waals surface area (Å²) in [5.74, 6) is -0.106. The second-order valence-corrected chi connectivity index (χ2v) is 7.04. The van der Waals surface area contributed by atoms with Crippen LogP contribution in [0.15, 0.2) is 29.2 Å². The van der Waals surface area contributed by atoms with Crippen LogP contribution in [0.3, 0.4) is 0 Å². The van der Waals surface area contributed by atoms with Crippen molar-refractivity contribution in [3.05, 3.63) is 24.3 Å². The lowest BCUT2D eigenvalue weighted by atomic mass is 10.3. The van der Waals surface area contributed by atoms with Gasteiger partial charge in [-0.15, -0.1) is 0 Å². The zero-order chi connectivity index (χ0) is 15.3. The molecule has 1 aromatic carbocycles. The molecule has 0 spiro atoms. The fourth-order valence-electron chi connectivity index (χ4n) is 1.51. The molecule has 0 aliphatic heterocycles. The second kappa shape index (κ2) is 6.71. The van der Waals surface area contributed by atoms with Crippen molar-refractivity contribution in [1.82, 2.24) is 9.62 Å². The van der Waals surface area contributed by atoms with E-state index in [9.17, 15) is 13.2 Å². The molecule has 6 nitrogen and oxygen atoms in total. The van der Waals surface area contributed by atoms with Crippen molar-refractivity contribution >= 4 is 21.6 Å². The van der Waals surface area contributed by atoms with Crippen molar-refractivity contribution in [2.45, 2.75) is 24.8 Å². The van der Waals surface area contributed by atoms with Crippen molar-refractivity contribution in [2.75, 3.05) is 26.0 Å². The number of carbonyl (C=O) groups excluding carboxylic acids is 1. The third-order valence-electron chi connectivity index (χ3n) is 2.54. The van der Waals surface area contributed by atoms with Gasteiger partial charge in [0.25, 0.3) is 0 Å². The van der Waals surface area contributed by atoms with Crippen LogP contribution in [0.2, 0.25) is 0 Å². The number of sulfonamides is 1. The maximum Gasteiger partial charge on any atom is 0.242 e. The Hall–Kier alpha value is -1.60. The number of benzene rings is 1. The van der Waals surface area contributed by atoms with Gasteiger partial charge in [0.05, 0.1) is 11.4 Å². The molecule has 1 amide bonds. The Morgan fingerprint density at radius 2 is 1.75 bits per heavy atom. The standard InChI is InChI=1S/C13H21N3O3S/c1-10(2)15-13(17)9-14-11-5-7-12(8-6-11)20(18,19)16(3)4/h5-8,10,14H,9H2,1-4H3,(H,15,17). The lowest BCUT2D eigenvalue weighted by molar-refractivity contribution is -0.119. The monoisotopic (exact) mass is 299 g/mol. The van der Waals surface area contributed by atoms with E-state index < -0.39 is 10.0 Å². The van der Waals surface area contributed by atoms with E-state index in [1.165, 1.54) is 26.2 Å². The van der Waals surface area contributed by atoms with Crippen LogP contribution in [0.1, 0.15) is 13.8 Å². The van der Waals surface area contributed by atoms with E-state index in [4.69, 9.17) is 0 Å². The molecule has 7 heteroatoms. The van der Waals surface area contributed by atoms with E-state index in [0.717, 1.165) is 4.31 Å². The average Bonchev–Trinajstić information content (AvgIpc) is 2.36. The first-order valence-corrected chi connectivity index (χ1v) is 7.73. The molecule has 112 valence electrons. The van der Waals surface area contributed by atoms with Crippen LogP contribution >= 0.6 is 0 Å². The highest BCUT2D eigenvalue weighted by Crippen LogP contribution is 2.16. The minimum atomic E-state index is -3.41. The zero-order valence-electron chi connectivity index (χ0n) is 12.2. The van der Waals surface area contributed by atoms with E-state index in [1.807, 2.05) is 13.8 Å². The van der Waals surface area contributed by atoms with Crippen LogP contribution in [-0.2, 0) is 14.8 Å². The van der Waals surface area contributed by atoms with Gasteiger partial charge in [0, 0.05) is 25.8 Å². The summed E-state index contributed by atoms with van der Waals surface area (Å²) in [5, 5.41) is 5.70. The van der Waals surface area contributed by atoms with Gasteiger partial charge >= 0.3 is 0 Å². The Labute approximate surface area is 120 Å². The van der Waals surface area contributed by atoms with Crippen molar-refractivity contribution in [3.8, 4) is 0 Å². The first kappa shape index (κ1) is 16.5. The SMILES string of the molecule is CC(C)NC(=O)CNc1ccc(S(=O)(=O)N(C)C)cc1. The molecule has 0 aliphatic rings. The highest BCUT2D eigenvalue weighted by atomic mass is 32.2. The van der Waals surface area contributed by atoms with Crippen molar-refractivity contribution in [2.24, 2.45) is 0 Å². The van der Waals surface area contributed by atoms with Gasteiger partial charge in [-0.3, -0.25) is 4.79 Å². The van der Waals surface area contributed by atoms with Gasteiger partial charge in [0.15, 0.2) is 0 Å². The summed E-state index contributed by atoms with van der Waals surface area (Å²) in [5.41, 5.74) is 0.696. The van der Waals surface area contributed by atoms with Gasteiger partial charge in [0.2, 0.25) is 15.9 Å². The molecule has 1 aromatic rings. The first-order chi connectivity index (χ1) is 9.23. The lowest BCUT2D eigenvalue weighted by Gasteiger charge is -2.13. The molecular weight excluding hydrogens is 278 g/mol. The normalized spacial score (nSPS) is 11.7. The van der Waals surface area contributed by atoms with Crippen LogP contribution in [0.4, 0.5) is 5.69 Å². The lowest BCUT2D eigenvalue weighted by Crippen LogP contribution is -2.34. The smallest absolute Gasteiger partial charge is 0.242 e. The van der Waals surface area contributed by atoms with Gasteiger partial charge in [-0.05, 0) is 38.1 Å². The second-order valence-electron chi connectivity index (χ2n) is 4.89. The van der Waals surface area contributed by atoms with Crippen molar-refractivity contribution < 1.29 is 13.2 Å². The van der Waals surface area contributed by atoms with Gasteiger partial charge < -0.3 is 10.6 Å². The molecule has 0 unspecified atom stereocenters. The van der Waals surface area contributed by atoms with Gasteiger partial charge in [-0.2, -0.15) is 0 Å². The molecule has 1 rings (SSSR count). The van der Waals surface area contributed by atoms with E-state index in [-0.39, 0.29) is 23.4 Å². The fourth-order valence-corrected chi connectivity index (χ4v) is 2.41. The first-order valence-electron chi connectivity index (χ1n) is 6.29. The fraction of sp³-hybridized carbons (Fsp3) is 0.462. The number of hydrogen-bond acceptors (Lipinski definition) is 4. The molecule has 0 aliphatic carbocycles. The quantitative estimate of drug-likeness (QED) is 0.817. The molecule has 0 heterocycles. The maximum absolute atomic E-state index is 11.9. The molecule has 20 heavy (non-hydrogen) atoms. The van der Waals surface area contributed by atoms with E-state index in [2.05, 4.69) is 10.6 Å². The Kier molecular flexibility index (Phi) is 5.52. The Morgan fingerprint density at radius 1 is 1.20 bits per heavy atom. The van der Waals surface area contributed by atoms with Crippen molar-refractivity contribution in [1.29, 1.82) is 0 Å². The zero-order valence-corrected chi connectivity index (χ0v) is 13.0. The summed E-state index contributed by atoms with van der Waals surface area (Å²) in [6.45, 7) is 3.93. The minimum Gasteiger partial charge on any atom is -0.376 e. The molecule has 0 radical (unpaired) electrons. The summed E-state index contributed by atoms with van der Waals surface area (Å²) in [6.07, 6.45) is 0. The number of rotatable bonds is 6. The van der Waals surface area contributed by atoms with E-state index in [1.54, 1.807) is 12.1 Å². The summed E-state index contributed by atoms with van der Waals surface area (Å²) in [4.78, 5) is 11.7. The van der Waals surface area contributed by atoms with Gasteiger partial charge in [-0.1, -0.05) is 0 Å². The number of anilines is 1. The highest BCUT2D eigenvalue weighted by Gasteiger charge is 2.16. The molecule has 0 saturated carbocycles. The minimum absolute atomic E-state index is 0.0944. The van der Waals surface area contributed by atoms with Crippen LogP contribution in [0.25, 0.3) is 0 Å². The molecule has 0 fully saturated rings. The number of carbonyl (C=O) groups is 1. The molecule has 0 atom stereocenters. The number of amides is 1. The summed E-state index contributed by atoms with van der Waals surface area (Å²) in [6, 6.07) is 6.39. The summed E-state index contributed by atoms with van der Waals surface area (Å²) < 4.78 is 24.9. The number of nitrogens with zero attached hydrogens (tertiary/aromatic N) is 1. The third kappa shape index (κ3) is 4.50. The average molecular weight is 299 g/mol. The molecule has 0 saturated heterocycles. The number of nitrogens with one attached hydrogen (secondary N) is 2. The molecule has 0 bridgehead atoms. The Bertz CT molecular complexity index is 551. The van der Waals surface area contributed by atoms with E-state index >= 15 is 0 Å². The van der Waals surface area contributed by atoms with Crippen molar-refractivity contribution in [3.63, 3.8) is 0 Å².